The summed E-state index contributed by atoms with van der Waals surface area (Å²) in [7, 11) is 0. The first-order valence-corrected chi connectivity index (χ1v) is 11.8. The first-order chi connectivity index (χ1) is 16.9. The Kier molecular flexibility index (Phi) is 7.64. The molecule has 2 aromatic carbocycles. The van der Waals surface area contributed by atoms with Crippen LogP contribution in [0.25, 0.3) is 11.1 Å². The van der Waals surface area contributed by atoms with Gasteiger partial charge in [0.2, 0.25) is 11.8 Å². The number of hydrogen-bond donors (Lipinski definition) is 4. The Labute approximate surface area is 203 Å². The van der Waals surface area contributed by atoms with Crippen molar-refractivity contribution in [3.63, 3.8) is 0 Å². The zero-order valence-electron chi connectivity index (χ0n) is 19.3. The van der Waals surface area contributed by atoms with Crippen molar-refractivity contribution in [2.24, 2.45) is 5.92 Å². The smallest absolute Gasteiger partial charge is 0.407 e. The highest BCUT2D eigenvalue weighted by atomic mass is 16.5. The Hall–Kier alpha value is -3.88. The van der Waals surface area contributed by atoms with E-state index >= 15 is 0 Å². The Bertz CT molecular complexity index is 1070. The predicted octanol–water partition coefficient (Wildman–Crippen LogP) is 2.40. The lowest BCUT2D eigenvalue weighted by molar-refractivity contribution is -0.137. The van der Waals surface area contributed by atoms with Crippen molar-refractivity contribution in [1.29, 1.82) is 0 Å². The number of fused-ring (bicyclic) bond motifs is 3. The molecule has 4 N–H and O–H groups in total. The summed E-state index contributed by atoms with van der Waals surface area (Å²) in [5, 5.41) is 16.2. The van der Waals surface area contributed by atoms with Gasteiger partial charge in [0.15, 0.2) is 0 Å². The molecule has 0 radical (unpaired) electrons. The molecule has 2 atom stereocenters. The van der Waals surface area contributed by atoms with Gasteiger partial charge in [-0.05, 0) is 41.5 Å². The van der Waals surface area contributed by atoms with Crippen LogP contribution in [0.5, 0.6) is 0 Å². The molecule has 2 aliphatic carbocycles. The molecule has 2 aromatic rings. The molecule has 4 rings (SSSR count). The predicted molar refractivity (Wildman–Crippen MR) is 128 cm³/mol. The van der Waals surface area contributed by atoms with Crippen LogP contribution in [-0.4, -0.2) is 54.7 Å². The minimum Gasteiger partial charge on any atom is -0.480 e. The van der Waals surface area contributed by atoms with Gasteiger partial charge in [0, 0.05) is 17.9 Å². The van der Waals surface area contributed by atoms with Gasteiger partial charge < -0.3 is 25.8 Å². The molecule has 0 spiro atoms. The fraction of sp³-hybridized carbons (Fsp3) is 0.385. The van der Waals surface area contributed by atoms with E-state index in [0.29, 0.717) is 12.8 Å². The number of rotatable bonds is 8. The normalized spacial score (nSPS) is 18.6. The van der Waals surface area contributed by atoms with E-state index in [4.69, 9.17) is 9.84 Å². The summed E-state index contributed by atoms with van der Waals surface area (Å²) in [6, 6.07) is 16.1. The van der Waals surface area contributed by atoms with Gasteiger partial charge >= 0.3 is 12.1 Å². The summed E-state index contributed by atoms with van der Waals surface area (Å²) in [6.07, 6.45) is 2.11. The molecule has 35 heavy (non-hydrogen) atoms. The first kappa shape index (κ1) is 24.3. The van der Waals surface area contributed by atoms with Crippen molar-refractivity contribution in [2.45, 2.75) is 37.6 Å². The summed E-state index contributed by atoms with van der Waals surface area (Å²) in [6.45, 7) is -0.556. The van der Waals surface area contributed by atoms with Crippen LogP contribution in [0.2, 0.25) is 0 Å². The van der Waals surface area contributed by atoms with Gasteiger partial charge in [-0.1, -0.05) is 55.0 Å². The van der Waals surface area contributed by atoms with Crippen LogP contribution < -0.4 is 16.0 Å². The number of hydrogen-bond acceptors (Lipinski definition) is 5. The third kappa shape index (κ3) is 5.98. The average molecular weight is 480 g/mol. The molecule has 9 heteroatoms. The lowest BCUT2D eigenvalue weighted by Crippen LogP contribution is -2.45. The average Bonchev–Trinajstić information content (AvgIpc) is 3.18. The SMILES string of the molecule is O=C(O)CNC(=O)CNC(=O)[C@@H]1CCC[C@@H](NC(=O)OCC2c3ccccc3-c3ccccc32)C1. The molecule has 0 unspecified atom stereocenters. The van der Waals surface area contributed by atoms with Crippen LogP contribution in [0.1, 0.15) is 42.7 Å². The highest BCUT2D eigenvalue weighted by Gasteiger charge is 2.31. The lowest BCUT2D eigenvalue weighted by atomic mass is 9.85. The molecule has 1 fully saturated rings. The molecule has 0 saturated heterocycles. The molecule has 0 bridgehead atoms. The maximum Gasteiger partial charge on any atom is 0.407 e. The monoisotopic (exact) mass is 479 g/mol. The molecule has 0 heterocycles. The number of carboxylic acids is 1. The number of benzene rings is 2. The van der Waals surface area contributed by atoms with E-state index in [1.54, 1.807) is 0 Å². The van der Waals surface area contributed by atoms with E-state index in [0.717, 1.165) is 35.1 Å². The second-order valence-electron chi connectivity index (χ2n) is 8.92. The van der Waals surface area contributed by atoms with E-state index < -0.39 is 24.5 Å². The number of carbonyl (C=O) groups is 4. The van der Waals surface area contributed by atoms with Crippen LogP contribution in [-0.2, 0) is 19.1 Å². The van der Waals surface area contributed by atoms with Crippen molar-refractivity contribution in [2.75, 3.05) is 19.7 Å². The van der Waals surface area contributed by atoms with Crippen molar-refractivity contribution in [3.8, 4) is 11.1 Å². The second-order valence-corrected chi connectivity index (χ2v) is 8.92. The molecular weight excluding hydrogens is 450 g/mol. The lowest BCUT2D eigenvalue weighted by Gasteiger charge is -2.28. The molecule has 1 saturated carbocycles. The Balaban J connectivity index is 1.26. The van der Waals surface area contributed by atoms with Crippen molar-refractivity contribution in [3.05, 3.63) is 59.7 Å². The summed E-state index contributed by atoms with van der Waals surface area (Å²) < 4.78 is 5.61. The highest BCUT2D eigenvalue weighted by molar-refractivity contribution is 5.87. The third-order valence-electron chi connectivity index (χ3n) is 6.57. The molecule has 0 aliphatic heterocycles. The van der Waals surface area contributed by atoms with E-state index in [9.17, 15) is 19.2 Å². The van der Waals surface area contributed by atoms with Gasteiger partial charge in [-0.3, -0.25) is 14.4 Å². The fourth-order valence-corrected chi connectivity index (χ4v) is 4.91. The summed E-state index contributed by atoms with van der Waals surface area (Å²) in [5.74, 6) is -2.36. The third-order valence-corrected chi connectivity index (χ3v) is 6.57. The van der Waals surface area contributed by atoms with Crippen molar-refractivity contribution >= 4 is 23.9 Å². The number of nitrogens with one attached hydrogen (secondary N) is 3. The summed E-state index contributed by atoms with van der Waals surface area (Å²) in [5.41, 5.74) is 4.61. The maximum atomic E-state index is 12.6. The number of aliphatic carboxylic acids is 1. The number of ether oxygens (including phenoxy) is 1. The Morgan fingerprint density at radius 1 is 0.886 bits per heavy atom. The topological polar surface area (TPSA) is 134 Å². The van der Waals surface area contributed by atoms with Crippen molar-refractivity contribution < 1.29 is 29.0 Å². The minimum atomic E-state index is -1.15. The molecular formula is C26H29N3O6. The van der Waals surface area contributed by atoms with Gasteiger partial charge in [0.1, 0.15) is 13.2 Å². The highest BCUT2D eigenvalue weighted by Crippen LogP contribution is 2.44. The van der Waals surface area contributed by atoms with Crippen LogP contribution in [0, 0.1) is 5.92 Å². The van der Waals surface area contributed by atoms with Gasteiger partial charge in [-0.15, -0.1) is 0 Å². The molecule has 3 amide bonds. The number of alkyl carbamates (subject to hydrolysis) is 1. The minimum absolute atomic E-state index is 0.0229. The van der Waals surface area contributed by atoms with Gasteiger partial charge in [-0.2, -0.15) is 0 Å². The molecule has 0 aromatic heterocycles. The number of amides is 3. The second kappa shape index (κ2) is 11.0. The zero-order valence-corrected chi connectivity index (χ0v) is 19.3. The Morgan fingerprint density at radius 3 is 2.20 bits per heavy atom. The standard InChI is InChI=1S/C26H29N3O6/c30-23(27-14-24(31)32)13-28-25(33)16-6-5-7-17(12-16)29-26(34)35-15-22-20-10-3-1-8-18(20)19-9-2-4-11-21(19)22/h1-4,8-11,16-17,22H,5-7,12-15H2,(H,27,30)(H,28,33)(H,29,34)(H,31,32)/t16-,17-/m1/s1. The number of carboxylic acid groups (broad SMARTS) is 1. The van der Waals surface area contributed by atoms with Crippen LogP contribution in [0.4, 0.5) is 4.79 Å². The van der Waals surface area contributed by atoms with E-state index in [1.165, 1.54) is 0 Å². The first-order valence-electron chi connectivity index (χ1n) is 11.8. The van der Waals surface area contributed by atoms with Crippen molar-refractivity contribution in [1.82, 2.24) is 16.0 Å². The van der Waals surface area contributed by atoms with Gasteiger partial charge in [0.25, 0.3) is 0 Å². The molecule has 2 aliphatic rings. The van der Waals surface area contributed by atoms with Gasteiger partial charge in [-0.25, -0.2) is 4.79 Å². The zero-order chi connectivity index (χ0) is 24.8. The molecule has 184 valence electrons. The van der Waals surface area contributed by atoms with Crippen LogP contribution in [0.15, 0.2) is 48.5 Å². The van der Waals surface area contributed by atoms with Gasteiger partial charge in [0.05, 0.1) is 6.54 Å². The molecule has 9 nitrogen and oxygen atoms in total. The van der Waals surface area contributed by atoms with E-state index in [-0.39, 0.29) is 36.9 Å². The quantitative estimate of drug-likeness (QED) is 0.459. The maximum absolute atomic E-state index is 12.6. The summed E-state index contributed by atoms with van der Waals surface area (Å²) in [4.78, 5) is 47.1. The summed E-state index contributed by atoms with van der Waals surface area (Å²) >= 11 is 0. The fourth-order valence-electron chi connectivity index (χ4n) is 4.91. The van der Waals surface area contributed by atoms with E-state index in [1.807, 2.05) is 24.3 Å². The Morgan fingerprint density at radius 2 is 1.54 bits per heavy atom. The largest absolute Gasteiger partial charge is 0.480 e. The van der Waals surface area contributed by atoms with E-state index in [2.05, 4.69) is 40.2 Å². The number of carbonyl (C=O) groups excluding carboxylic acids is 3. The van der Waals surface area contributed by atoms with Crippen LogP contribution >= 0.6 is 0 Å². The van der Waals surface area contributed by atoms with Crippen LogP contribution in [0.3, 0.4) is 0 Å².